The summed E-state index contributed by atoms with van der Waals surface area (Å²) in [5.74, 6) is -3.18. The molecule has 0 fully saturated rings. The normalized spacial score (nSPS) is 16.9. The lowest BCUT2D eigenvalue weighted by atomic mass is 9.95. The number of anilines is 1. The van der Waals surface area contributed by atoms with Gasteiger partial charge in [0.25, 0.3) is 0 Å². The Morgan fingerprint density at radius 1 is 1.34 bits per heavy atom. The van der Waals surface area contributed by atoms with Crippen LogP contribution in [-0.2, 0) is 10.9 Å². The highest BCUT2D eigenvalue weighted by molar-refractivity contribution is 6.19. The quantitative estimate of drug-likeness (QED) is 0.596. The Labute approximate surface area is 168 Å². The van der Waals surface area contributed by atoms with Crippen LogP contribution in [0, 0.1) is 0 Å². The van der Waals surface area contributed by atoms with Gasteiger partial charge in [-0.15, -0.1) is 11.6 Å². The molecule has 2 heterocycles. The number of alkyl halides is 4. The maximum absolute atomic E-state index is 13.4. The van der Waals surface area contributed by atoms with Gasteiger partial charge in [0.2, 0.25) is 0 Å². The predicted molar refractivity (Wildman–Crippen MR) is 99.0 cm³/mol. The Bertz CT molecular complexity index is 1010. The van der Waals surface area contributed by atoms with Crippen LogP contribution in [0.4, 0.5) is 23.7 Å². The van der Waals surface area contributed by atoms with E-state index in [1.54, 1.807) is 20.8 Å². The number of fused-ring (bicyclic) bond motifs is 3. The summed E-state index contributed by atoms with van der Waals surface area (Å²) in [6.45, 7) is 4.90. The molecule has 158 valence electrons. The molecular weight excluding hydrogens is 417 g/mol. The SMILES string of the molecule is CC(C)(C)OC(=O)N1C[C@@H](CCl)c2c1cc(O)c1[nH]c(C(F)(F)F)c(C(=O)O)c21. The lowest BCUT2D eigenvalue weighted by Gasteiger charge is -2.25. The number of aromatic hydroxyl groups is 1. The van der Waals surface area contributed by atoms with Gasteiger partial charge in [-0.05, 0) is 26.3 Å². The summed E-state index contributed by atoms with van der Waals surface area (Å²) < 4.78 is 45.6. The molecule has 7 nitrogen and oxygen atoms in total. The molecule has 1 aromatic carbocycles. The lowest BCUT2D eigenvalue weighted by molar-refractivity contribution is -0.141. The molecular formula is C18H18ClF3N2O5. The molecule has 1 aliphatic rings. The Morgan fingerprint density at radius 2 is 1.97 bits per heavy atom. The van der Waals surface area contributed by atoms with Crippen molar-refractivity contribution in [3.8, 4) is 5.75 Å². The molecule has 0 bridgehead atoms. The summed E-state index contributed by atoms with van der Waals surface area (Å²) in [5.41, 5.74) is -3.54. The number of carbonyl (C=O) groups is 2. The van der Waals surface area contributed by atoms with Crippen molar-refractivity contribution in [2.24, 2.45) is 0 Å². The van der Waals surface area contributed by atoms with Crippen molar-refractivity contribution in [3.05, 3.63) is 22.9 Å². The first-order chi connectivity index (χ1) is 13.3. The van der Waals surface area contributed by atoms with Crippen LogP contribution in [0.2, 0.25) is 0 Å². The number of nitrogens with zero attached hydrogens (tertiary/aromatic N) is 1. The number of hydrogen-bond acceptors (Lipinski definition) is 4. The molecule has 0 aliphatic carbocycles. The largest absolute Gasteiger partial charge is 0.506 e. The highest BCUT2D eigenvalue weighted by Gasteiger charge is 2.43. The number of nitrogens with one attached hydrogen (secondary N) is 1. The first-order valence-electron chi connectivity index (χ1n) is 8.54. The fourth-order valence-corrected chi connectivity index (χ4v) is 3.71. The van der Waals surface area contributed by atoms with E-state index in [0.717, 1.165) is 11.0 Å². The van der Waals surface area contributed by atoms with E-state index >= 15 is 0 Å². The van der Waals surface area contributed by atoms with Gasteiger partial charge in [0, 0.05) is 29.8 Å². The van der Waals surface area contributed by atoms with E-state index < -0.39 is 46.8 Å². The smallest absolute Gasteiger partial charge is 0.432 e. The summed E-state index contributed by atoms with van der Waals surface area (Å²) >= 11 is 5.99. The molecule has 1 atom stereocenters. The summed E-state index contributed by atoms with van der Waals surface area (Å²) in [6, 6.07) is 1.11. The van der Waals surface area contributed by atoms with Gasteiger partial charge >= 0.3 is 18.2 Å². The van der Waals surface area contributed by atoms with E-state index in [0.29, 0.717) is 0 Å². The Morgan fingerprint density at radius 3 is 2.45 bits per heavy atom. The minimum atomic E-state index is -4.99. The zero-order valence-electron chi connectivity index (χ0n) is 15.6. The summed E-state index contributed by atoms with van der Waals surface area (Å²) in [4.78, 5) is 27.4. The number of H-pyrrole nitrogens is 1. The Kier molecular flexibility index (Phi) is 4.89. The average molecular weight is 435 g/mol. The molecule has 3 rings (SSSR count). The maximum atomic E-state index is 13.4. The number of rotatable bonds is 2. The Hall–Kier alpha value is -2.62. The number of aromatic nitrogens is 1. The predicted octanol–water partition coefficient (Wildman–Crippen LogP) is 4.67. The number of phenols is 1. The van der Waals surface area contributed by atoms with Gasteiger partial charge in [-0.2, -0.15) is 13.2 Å². The molecule has 1 aromatic heterocycles. The van der Waals surface area contributed by atoms with Gasteiger partial charge in [0.1, 0.15) is 17.0 Å². The van der Waals surface area contributed by atoms with Gasteiger partial charge in [-0.3, -0.25) is 4.90 Å². The highest BCUT2D eigenvalue weighted by Crippen LogP contribution is 2.49. The van der Waals surface area contributed by atoms with Crippen molar-refractivity contribution >= 4 is 40.3 Å². The molecule has 1 amide bonds. The number of hydrogen-bond donors (Lipinski definition) is 3. The van der Waals surface area contributed by atoms with Crippen LogP contribution in [0.1, 0.15) is 48.3 Å². The zero-order chi connectivity index (χ0) is 21.9. The minimum absolute atomic E-state index is 0.0299. The summed E-state index contributed by atoms with van der Waals surface area (Å²) in [7, 11) is 0. The third kappa shape index (κ3) is 3.57. The van der Waals surface area contributed by atoms with Crippen LogP contribution in [0.25, 0.3) is 10.9 Å². The number of carbonyl (C=O) groups excluding carboxylic acids is 1. The number of aromatic carboxylic acids is 1. The fraction of sp³-hybridized carbons (Fsp3) is 0.444. The number of benzene rings is 1. The first kappa shape index (κ1) is 21.1. The van der Waals surface area contributed by atoms with Gasteiger partial charge in [-0.25, -0.2) is 9.59 Å². The lowest BCUT2D eigenvalue weighted by Crippen LogP contribution is -2.36. The van der Waals surface area contributed by atoms with E-state index in [2.05, 4.69) is 0 Å². The standard InChI is InChI=1S/C18H18ClF3N2O5/c1-17(2,3)29-16(28)24-6-7(5-19)10-8(24)4-9(25)13-11(10)12(15(26)27)14(23-13)18(20,21)22/h4,7,23,25H,5-6H2,1-3H3,(H,26,27)/t7-/m1/s1. The van der Waals surface area contributed by atoms with Crippen LogP contribution in [0.5, 0.6) is 5.75 Å². The topological polar surface area (TPSA) is 103 Å². The van der Waals surface area contributed by atoms with Crippen molar-refractivity contribution in [3.63, 3.8) is 0 Å². The monoisotopic (exact) mass is 434 g/mol. The second kappa shape index (κ2) is 6.72. The summed E-state index contributed by atoms with van der Waals surface area (Å²) in [6.07, 6.45) is -5.78. The molecule has 29 heavy (non-hydrogen) atoms. The molecule has 2 aromatic rings. The number of carboxylic acid groups (broad SMARTS) is 1. The van der Waals surface area contributed by atoms with Crippen molar-refractivity contribution in [1.29, 1.82) is 0 Å². The van der Waals surface area contributed by atoms with Gasteiger partial charge < -0.3 is 19.9 Å². The van der Waals surface area contributed by atoms with Crippen LogP contribution in [-0.4, -0.2) is 45.3 Å². The number of phenolic OH excluding ortho intramolecular Hbond substituents is 1. The maximum Gasteiger partial charge on any atom is 0.432 e. The minimum Gasteiger partial charge on any atom is -0.506 e. The van der Waals surface area contributed by atoms with E-state index in [1.807, 2.05) is 4.98 Å². The average Bonchev–Trinajstić information content (AvgIpc) is 3.11. The van der Waals surface area contributed by atoms with E-state index in [1.165, 1.54) is 0 Å². The number of halogens is 4. The van der Waals surface area contributed by atoms with Crippen molar-refractivity contribution < 1.29 is 37.7 Å². The number of amides is 1. The van der Waals surface area contributed by atoms with E-state index in [9.17, 15) is 33.0 Å². The van der Waals surface area contributed by atoms with Gasteiger partial charge in [-0.1, -0.05) is 0 Å². The van der Waals surface area contributed by atoms with Gasteiger partial charge in [0.15, 0.2) is 0 Å². The number of carboxylic acids is 1. The molecule has 1 aliphatic heterocycles. The molecule has 0 saturated carbocycles. The molecule has 0 unspecified atom stereocenters. The van der Waals surface area contributed by atoms with Crippen LogP contribution < -0.4 is 4.90 Å². The number of ether oxygens (including phenoxy) is 1. The van der Waals surface area contributed by atoms with Crippen molar-refractivity contribution in [2.45, 2.75) is 38.5 Å². The number of aromatic amines is 1. The fourth-order valence-electron chi connectivity index (χ4n) is 3.46. The molecule has 0 saturated heterocycles. The van der Waals surface area contributed by atoms with E-state index in [4.69, 9.17) is 16.3 Å². The van der Waals surface area contributed by atoms with Gasteiger partial charge in [0.05, 0.1) is 16.8 Å². The molecule has 3 N–H and O–H groups in total. The molecule has 0 radical (unpaired) electrons. The molecule has 11 heteroatoms. The van der Waals surface area contributed by atoms with Crippen molar-refractivity contribution in [2.75, 3.05) is 17.3 Å². The van der Waals surface area contributed by atoms with Crippen LogP contribution in [0.15, 0.2) is 6.07 Å². The van der Waals surface area contributed by atoms with Crippen LogP contribution >= 0.6 is 11.6 Å². The third-order valence-electron chi connectivity index (χ3n) is 4.47. The second-order valence-electron chi connectivity index (χ2n) is 7.70. The summed E-state index contributed by atoms with van der Waals surface area (Å²) in [5, 5.41) is 19.5. The van der Waals surface area contributed by atoms with Crippen LogP contribution in [0.3, 0.4) is 0 Å². The molecule has 0 spiro atoms. The zero-order valence-corrected chi connectivity index (χ0v) is 16.4. The second-order valence-corrected chi connectivity index (χ2v) is 8.01. The first-order valence-corrected chi connectivity index (χ1v) is 9.08. The Balaban J connectivity index is 2.33. The van der Waals surface area contributed by atoms with E-state index in [-0.39, 0.29) is 34.6 Å². The highest BCUT2D eigenvalue weighted by atomic mass is 35.5. The van der Waals surface area contributed by atoms with Crippen molar-refractivity contribution in [1.82, 2.24) is 4.98 Å². The third-order valence-corrected chi connectivity index (χ3v) is 4.85.